The molecule has 176 valence electrons. The van der Waals surface area contributed by atoms with E-state index in [4.69, 9.17) is 20.3 Å². The maximum Gasteiger partial charge on any atom is 0.246 e. The Bertz CT molecular complexity index is 1270. The lowest BCUT2D eigenvalue weighted by Crippen LogP contribution is -2.27. The first-order valence-corrected chi connectivity index (χ1v) is 10.9. The minimum Gasteiger partial charge on any atom is -0.497 e. The summed E-state index contributed by atoms with van der Waals surface area (Å²) in [5, 5.41) is 8.32. The molecule has 0 aliphatic carbocycles. The van der Waals surface area contributed by atoms with Crippen LogP contribution in [0.3, 0.4) is 0 Å². The van der Waals surface area contributed by atoms with Crippen LogP contribution >= 0.6 is 0 Å². The number of rotatable bonds is 6. The predicted molar refractivity (Wildman–Crippen MR) is 129 cm³/mol. The molecule has 2 aromatic heterocycles. The molecule has 0 spiro atoms. The molecule has 10 nitrogen and oxygen atoms in total. The maximum absolute atomic E-state index is 12.5. The summed E-state index contributed by atoms with van der Waals surface area (Å²) in [4.78, 5) is 22.8. The Labute approximate surface area is 197 Å². The van der Waals surface area contributed by atoms with E-state index in [1.54, 1.807) is 26.4 Å². The fourth-order valence-electron chi connectivity index (χ4n) is 3.87. The molecule has 1 fully saturated rings. The van der Waals surface area contributed by atoms with Gasteiger partial charge in [0.25, 0.3) is 0 Å². The second-order valence-corrected chi connectivity index (χ2v) is 7.79. The number of nitrogens with zero attached hydrogens (tertiary/aromatic N) is 5. The number of anilines is 1. The van der Waals surface area contributed by atoms with Crippen LogP contribution in [0.15, 0.2) is 36.7 Å². The van der Waals surface area contributed by atoms with Crippen molar-refractivity contribution >= 4 is 22.8 Å². The fraction of sp³-hybridized carbons (Fsp3) is 0.333. The van der Waals surface area contributed by atoms with E-state index >= 15 is 0 Å². The lowest BCUT2D eigenvalue weighted by Gasteiger charge is -2.15. The molecule has 0 unspecified atom stereocenters. The predicted octanol–water partition coefficient (Wildman–Crippen LogP) is 1.37. The molecule has 1 aliphatic rings. The summed E-state index contributed by atoms with van der Waals surface area (Å²) < 4.78 is 12.5. The summed E-state index contributed by atoms with van der Waals surface area (Å²) in [6, 6.07) is 5.38. The van der Waals surface area contributed by atoms with E-state index < -0.39 is 0 Å². The van der Waals surface area contributed by atoms with Crippen LogP contribution in [0.25, 0.3) is 11.0 Å². The van der Waals surface area contributed by atoms with Crippen LogP contribution < -0.4 is 20.5 Å². The van der Waals surface area contributed by atoms with Crippen LogP contribution in [0, 0.1) is 11.8 Å². The molecule has 1 amide bonds. The SMILES string of the molecule is CNC/C=C/C(=O)N1CC[C@H](n2nc(C#Cc3cc(OC)cc(OC)c3)c3c(N)ncnc32)C1. The molecule has 3 heterocycles. The maximum atomic E-state index is 12.5. The number of amides is 1. The smallest absolute Gasteiger partial charge is 0.246 e. The van der Waals surface area contributed by atoms with Crippen LogP contribution in [0.4, 0.5) is 5.82 Å². The summed E-state index contributed by atoms with van der Waals surface area (Å²) in [6.07, 6.45) is 5.58. The highest BCUT2D eigenvalue weighted by Crippen LogP contribution is 2.29. The van der Waals surface area contributed by atoms with Crippen LogP contribution in [0.1, 0.15) is 23.7 Å². The number of hydrogen-bond acceptors (Lipinski definition) is 8. The Morgan fingerprint density at radius 3 is 2.71 bits per heavy atom. The molecule has 1 aliphatic heterocycles. The molecule has 0 radical (unpaired) electrons. The number of nitrogens with one attached hydrogen (secondary N) is 1. The van der Waals surface area contributed by atoms with Gasteiger partial charge in [-0.3, -0.25) is 4.79 Å². The van der Waals surface area contributed by atoms with Gasteiger partial charge in [-0.25, -0.2) is 14.6 Å². The van der Waals surface area contributed by atoms with Crippen molar-refractivity contribution in [2.75, 3.05) is 46.6 Å². The first kappa shape index (κ1) is 23.1. The molecule has 1 atom stereocenters. The second kappa shape index (κ2) is 10.2. The van der Waals surface area contributed by atoms with Gasteiger partial charge >= 0.3 is 0 Å². The van der Waals surface area contributed by atoms with Gasteiger partial charge in [0.2, 0.25) is 5.91 Å². The standard InChI is InChI=1S/C24H27N7O3/c1-26-9-4-5-21(32)30-10-8-17(14-30)31-24-22(23(25)27-15-28-24)20(29-31)7-6-16-11-18(33-2)13-19(12-16)34-3/h4-5,11-13,15,17,26H,8-10,14H2,1-3H3,(H2,25,27,28)/b5-4+/t17-/m0/s1. The average Bonchev–Trinajstić information content (AvgIpc) is 3.48. The third-order valence-corrected chi connectivity index (χ3v) is 5.60. The molecule has 0 bridgehead atoms. The van der Waals surface area contributed by atoms with Crippen LogP contribution in [0.5, 0.6) is 11.5 Å². The Morgan fingerprint density at radius 2 is 2.00 bits per heavy atom. The number of carbonyl (C=O) groups excluding carboxylic acids is 1. The summed E-state index contributed by atoms with van der Waals surface area (Å²) >= 11 is 0. The molecule has 4 rings (SSSR count). The lowest BCUT2D eigenvalue weighted by molar-refractivity contribution is -0.125. The number of likely N-dealkylation sites (tertiary alicyclic amines) is 1. The molecule has 10 heteroatoms. The number of nitrogens with two attached hydrogens (primary N) is 1. The molecular formula is C24H27N7O3. The van der Waals surface area contributed by atoms with Gasteiger partial charge in [0.05, 0.1) is 25.6 Å². The van der Waals surface area contributed by atoms with E-state index in [9.17, 15) is 4.79 Å². The largest absolute Gasteiger partial charge is 0.497 e. The topological polar surface area (TPSA) is 120 Å². The van der Waals surface area contributed by atoms with Gasteiger partial charge in [0, 0.05) is 37.3 Å². The third-order valence-electron chi connectivity index (χ3n) is 5.60. The van der Waals surface area contributed by atoms with E-state index in [1.165, 1.54) is 6.33 Å². The van der Waals surface area contributed by atoms with Crippen LogP contribution in [-0.2, 0) is 4.79 Å². The van der Waals surface area contributed by atoms with Gasteiger partial charge in [-0.2, -0.15) is 5.10 Å². The fourth-order valence-corrected chi connectivity index (χ4v) is 3.87. The van der Waals surface area contributed by atoms with E-state index in [-0.39, 0.29) is 11.9 Å². The highest BCUT2D eigenvalue weighted by atomic mass is 16.5. The molecule has 0 saturated carbocycles. The molecule has 3 N–H and O–H groups in total. The summed E-state index contributed by atoms with van der Waals surface area (Å²) in [5.74, 6) is 7.79. The quantitative estimate of drug-likeness (QED) is 0.417. The van der Waals surface area contributed by atoms with Gasteiger partial charge in [-0.15, -0.1) is 0 Å². The normalized spacial score (nSPS) is 15.5. The van der Waals surface area contributed by atoms with E-state index in [1.807, 2.05) is 34.8 Å². The number of nitrogen functional groups attached to an aromatic ring is 1. The Hall–Kier alpha value is -4.10. The zero-order valence-electron chi connectivity index (χ0n) is 19.4. The summed E-state index contributed by atoms with van der Waals surface area (Å²) in [7, 11) is 5.01. The van der Waals surface area contributed by atoms with Crippen molar-refractivity contribution in [3.8, 4) is 23.3 Å². The Balaban J connectivity index is 1.66. The highest BCUT2D eigenvalue weighted by Gasteiger charge is 2.29. The van der Waals surface area contributed by atoms with Gasteiger partial charge < -0.3 is 25.4 Å². The van der Waals surface area contributed by atoms with Gasteiger partial charge in [-0.05, 0) is 31.5 Å². The van der Waals surface area contributed by atoms with E-state index in [0.717, 1.165) is 6.42 Å². The number of hydrogen-bond donors (Lipinski definition) is 2. The molecule has 3 aromatic rings. The van der Waals surface area contributed by atoms with Crippen molar-refractivity contribution < 1.29 is 14.3 Å². The van der Waals surface area contributed by atoms with Crippen molar-refractivity contribution in [2.45, 2.75) is 12.5 Å². The molecule has 1 saturated heterocycles. The third kappa shape index (κ3) is 4.79. The highest BCUT2D eigenvalue weighted by molar-refractivity contribution is 5.91. The monoisotopic (exact) mass is 461 g/mol. The number of carbonyl (C=O) groups is 1. The van der Waals surface area contributed by atoms with Crippen molar-refractivity contribution in [3.63, 3.8) is 0 Å². The minimum absolute atomic E-state index is 0.0182. The zero-order valence-corrected chi connectivity index (χ0v) is 19.4. The summed E-state index contributed by atoms with van der Waals surface area (Å²) in [6.45, 7) is 1.81. The Kier molecular flexibility index (Phi) is 6.94. The number of aromatic nitrogens is 4. The lowest BCUT2D eigenvalue weighted by atomic mass is 10.2. The molecule has 34 heavy (non-hydrogen) atoms. The first-order chi connectivity index (χ1) is 16.5. The van der Waals surface area contributed by atoms with Crippen molar-refractivity contribution in [3.05, 3.63) is 47.9 Å². The average molecular weight is 462 g/mol. The zero-order chi connectivity index (χ0) is 24.1. The van der Waals surface area contributed by atoms with E-state index in [2.05, 4.69) is 27.1 Å². The molecule has 1 aromatic carbocycles. The van der Waals surface area contributed by atoms with Gasteiger partial charge in [0.15, 0.2) is 5.65 Å². The number of methoxy groups -OCH3 is 2. The van der Waals surface area contributed by atoms with Crippen LogP contribution in [-0.4, -0.2) is 71.5 Å². The van der Waals surface area contributed by atoms with Crippen molar-refractivity contribution in [2.24, 2.45) is 0 Å². The van der Waals surface area contributed by atoms with E-state index in [0.29, 0.717) is 59.2 Å². The number of fused-ring (bicyclic) bond motifs is 1. The number of likely N-dealkylation sites (N-methyl/N-ethyl adjacent to an activating group) is 1. The van der Waals surface area contributed by atoms with Crippen molar-refractivity contribution in [1.82, 2.24) is 30.0 Å². The summed E-state index contributed by atoms with van der Waals surface area (Å²) in [5.41, 5.74) is 7.97. The van der Waals surface area contributed by atoms with Crippen molar-refractivity contribution in [1.29, 1.82) is 0 Å². The number of ether oxygens (including phenoxy) is 2. The molecular weight excluding hydrogens is 434 g/mol. The van der Waals surface area contributed by atoms with Crippen LogP contribution in [0.2, 0.25) is 0 Å². The second-order valence-electron chi connectivity index (χ2n) is 7.79. The Morgan fingerprint density at radius 1 is 1.24 bits per heavy atom. The van der Waals surface area contributed by atoms with Gasteiger partial charge in [0.1, 0.15) is 29.3 Å². The first-order valence-electron chi connectivity index (χ1n) is 10.9. The van der Waals surface area contributed by atoms with Gasteiger partial charge in [-0.1, -0.05) is 12.0 Å². The minimum atomic E-state index is -0.0362. The number of benzene rings is 1.